The maximum absolute atomic E-state index is 12.1. The van der Waals surface area contributed by atoms with Gasteiger partial charge in [-0.2, -0.15) is 0 Å². The fourth-order valence-electron chi connectivity index (χ4n) is 2.30. The van der Waals surface area contributed by atoms with E-state index in [-0.39, 0.29) is 23.9 Å². The minimum atomic E-state index is -0.732. The quantitative estimate of drug-likeness (QED) is 0.355. The average Bonchev–Trinajstić information content (AvgIpc) is 3.14. The van der Waals surface area contributed by atoms with Crippen molar-refractivity contribution in [2.75, 3.05) is 0 Å². The summed E-state index contributed by atoms with van der Waals surface area (Å²) in [4.78, 5) is 22.2. The monoisotopic (exact) mass is 387 g/mol. The van der Waals surface area contributed by atoms with E-state index in [1.165, 1.54) is 24.3 Å². The van der Waals surface area contributed by atoms with E-state index in [2.05, 4.69) is 10.2 Å². The van der Waals surface area contributed by atoms with Crippen LogP contribution in [0.2, 0.25) is 5.02 Å². The molecule has 0 saturated carbocycles. The predicted octanol–water partition coefficient (Wildman–Crippen LogP) is 4.15. The first-order valence-electron chi connectivity index (χ1n) is 7.94. The molecule has 0 aliphatic rings. The number of benzene rings is 2. The minimum Gasteiger partial charge on any atom is -0.452 e. The molecule has 0 spiro atoms. The molecule has 1 heterocycles. The second-order valence-electron chi connectivity index (χ2n) is 5.68. The standard InChI is InChI=1S/C18H14ClN3O5/c1-11(26-16(23)10-12-2-6-14(19)7-3-12)17-20-21-18(27-17)13-4-8-15(9-5-13)22(24)25/h2-9,11H,10H2,1H3. The highest BCUT2D eigenvalue weighted by molar-refractivity contribution is 6.30. The zero-order valence-corrected chi connectivity index (χ0v) is 14.9. The van der Waals surface area contributed by atoms with Gasteiger partial charge in [0.15, 0.2) is 6.10 Å². The molecule has 0 aliphatic heterocycles. The van der Waals surface area contributed by atoms with Crippen LogP contribution in [0.4, 0.5) is 5.69 Å². The zero-order valence-electron chi connectivity index (χ0n) is 14.2. The van der Waals surface area contributed by atoms with Gasteiger partial charge in [0.1, 0.15) is 0 Å². The van der Waals surface area contributed by atoms with Gasteiger partial charge in [-0.25, -0.2) is 0 Å². The molecule has 3 rings (SSSR count). The number of aromatic nitrogens is 2. The first-order chi connectivity index (χ1) is 12.9. The number of carbonyl (C=O) groups excluding carboxylic acids is 1. The van der Waals surface area contributed by atoms with Gasteiger partial charge in [-0.05, 0) is 36.8 Å². The van der Waals surface area contributed by atoms with Gasteiger partial charge >= 0.3 is 5.97 Å². The molecule has 9 heteroatoms. The van der Waals surface area contributed by atoms with Crippen LogP contribution < -0.4 is 0 Å². The molecule has 0 saturated heterocycles. The fraction of sp³-hybridized carbons (Fsp3) is 0.167. The van der Waals surface area contributed by atoms with E-state index in [4.69, 9.17) is 20.8 Å². The van der Waals surface area contributed by atoms with Crippen molar-refractivity contribution in [1.82, 2.24) is 10.2 Å². The summed E-state index contributed by atoms with van der Waals surface area (Å²) in [6.07, 6.45) is -0.644. The van der Waals surface area contributed by atoms with Crippen LogP contribution in [-0.4, -0.2) is 21.1 Å². The average molecular weight is 388 g/mol. The second kappa shape index (κ2) is 7.96. The molecule has 0 fully saturated rings. The van der Waals surface area contributed by atoms with Crippen LogP contribution in [0, 0.1) is 10.1 Å². The number of esters is 1. The minimum absolute atomic E-state index is 0.0389. The molecule has 1 aromatic heterocycles. The Morgan fingerprint density at radius 1 is 1.19 bits per heavy atom. The van der Waals surface area contributed by atoms with Crippen LogP contribution in [0.5, 0.6) is 0 Å². The summed E-state index contributed by atoms with van der Waals surface area (Å²) in [6.45, 7) is 1.62. The third-order valence-electron chi connectivity index (χ3n) is 3.68. The van der Waals surface area contributed by atoms with E-state index in [0.717, 1.165) is 5.56 Å². The van der Waals surface area contributed by atoms with Gasteiger partial charge in [0.2, 0.25) is 5.89 Å². The number of nitro groups is 1. The maximum atomic E-state index is 12.1. The van der Waals surface area contributed by atoms with Crippen molar-refractivity contribution in [2.45, 2.75) is 19.4 Å². The molecule has 3 aromatic rings. The number of nitrogens with zero attached hydrogens (tertiary/aromatic N) is 3. The third kappa shape index (κ3) is 4.68. The number of carbonyl (C=O) groups is 1. The van der Waals surface area contributed by atoms with Crippen LogP contribution in [-0.2, 0) is 16.0 Å². The number of halogens is 1. The van der Waals surface area contributed by atoms with E-state index in [1.807, 2.05) is 0 Å². The van der Waals surface area contributed by atoms with Crippen molar-refractivity contribution in [2.24, 2.45) is 0 Å². The topological polar surface area (TPSA) is 108 Å². The number of non-ortho nitro benzene ring substituents is 1. The second-order valence-corrected chi connectivity index (χ2v) is 6.12. The molecule has 0 N–H and O–H groups in total. The summed E-state index contributed by atoms with van der Waals surface area (Å²) in [6, 6.07) is 12.6. The van der Waals surface area contributed by atoms with Gasteiger partial charge in [0, 0.05) is 22.7 Å². The van der Waals surface area contributed by atoms with Crippen molar-refractivity contribution in [1.29, 1.82) is 0 Å². The molecule has 27 heavy (non-hydrogen) atoms. The Labute approximate surface area is 158 Å². The van der Waals surface area contributed by atoms with Gasteiger partial charge in [-0.15, -0.1) is 10.2 Å². The lowest BCUT2D eigenvalue weighted by atomic mass is 10.1. The number of ether oxygens (including phenoxy) is 1. The molecule has 0 bridgehead atoms. The summed E-state index contributed by atoms with van der Waals surface area (Å²) < 4.78 is 10.8. The molecule has 138 valence electrons. The Kier molecular flexibility index (Phi) is 5.46. The van der Waals surface area contributed by atoms with E-state index >= 15 is 0 Å². The third-order valence-corrected chi connectivity index (χ3v) is 3.94. The lowest BCUT2D eigenvalue weighted by Crippen LogP contribution is -2.11. The van der Waals surface area contributed by atoms with Crippen LogP contribution in [0.25, 0.3) is 11.5 Å². The molecular formula is C18H14ClN3O5. The Bertz CT molecular complexity index is 954. The van der Waals surface area contributed by atoms with E-state index in [0.29, 0.717) is 10.6 Å². The lowest BCUT2D eigenvalue weighted by molar-refractivity contribution is -0.384. The smallest absolute Gasteiger partial charge is 0.311 e. The largest absolute Gasteiger partial charge is 0.452 e. The zero-order chi connectivity index (χ0) is 19.4. The highest BCUT2D eigenvalue weighted by atomic mass is 35.5. The van der Waals surface area contributed by atoms with Crippen LogP contribution >= 0.6 is 11.6 Å². The molecule has 8 nitrogen and oxygen atoms in total. The summed E-state index contributed by atoms with van der Waals surface area (Å²) in [5.41, 5.74) is 1.26. The molecular weight excluding hydrogens is 374 g/mol. The summed E-state index contributed by atoms with van der Waals surface area (Å²) >= 11 is 5.81. The first-order valence-corrected chi connectivity index (χ1v) is 8.32. The Morgan fingerprint density at radius 2 is 1.85 bits per heavy atom. The molecule has 1 unspecified atom stereocenters. The Morgan fingerprint density at radius 3 is 2.48 bits per heavy atom. The van der Waals surface area contributed by atoms with E-state index in [9.17, 15) is 14.9 Å². The number of nitro benzene ring substituents is 1. The molecule has 0 amide bonds. The normalized spacial score (nSPS) is 11.8. The number of rotatable bonds is 6. The highest BCUT2D eigenvalue weighted by Gasteiger charge is 2.19. The van der Waals surface area contributed by atoms with Crippen LogP contribution in [0.3, 0.4) is 0 Å². The van der Waals surface area contributed by atoms with Crippen molar-refractivity contribution in [3.05, 3.63) is 75.1 Å². The van der Waals surface area contributed by atoms with Gasteiger partial charge in [0.25, 0.3) is 11.6 Å². The summed E-state index contributed by atoms with van der Waals surface area (Å²) in [5.74, 6) is -0.131. The summed E-state index contributed by atoms with van der Waals surface area (Å²) in [7, 11) is 0. The van der Waals surface area contributed by atoms with Crippen molar-refractivity contribution in [3.8, 4) is 11.5 Å². The molecule has 0 radical (unpaired) electrons. The van der Waals surface area contributed by atoms with Crippen LogP contribution in [0.15, 0.2) is 52.9 Å². The molecule has 0 aliphatic carbocycles. The van der Waals surface area contributed by atoms with E-state index in [1.54, 1.807) is 31.2 Å². The van der Waals surface area contributed by atoms with Gasteiger partial charge < -0.3 is 9.15 Å². The Hall–Kier alpha value is -3.26. The maximum Gasteiger partial charge on any atom is 0.311 e. The van der Waals surface area contributed by atoms with Crippen LogP contribution in [0.1, 0.15) is 24.5 Å². The number of hydrogen-bond acceptors (Lipinski definition) is 7. The SMILES string of the molecule is CC(OC(=O)Cc1ccc(Cl)cc1)c1nnc(-c2ccc([N+](=O)[O-])cc2)o1. The lowest BCUT2D eigenvalue weighted by Gasteiger charge is -2.09. The van der Waals surface area contributed by atoms with Crippen molar-refractivity contribution in [3.63, 3.8) is 0 Å². The Balaban J connectivity index is 1.63. The fourth-order valence-corrected chi connectivity index (χ4v) is 2.43. The van der Waals surface area contributed by atoms with Gasteiger partial charge in [0.05, 0.1) is 11.3 Å². The highest BCUT2D eigenvalue weighted by Crippen LogP contribution is 2.24. The predicted molar refractivity (Wildman–Crippen MR) is 96.1 cm³/mol. The molecule has 1 atom stereocenters. The van der Waals surface area contributed by atoms with Crippen molar-refractivity contribution < 1.29 is 18.9 Å². The summed E-state index contributed by atoms with van der Waals surface area (Å²) in [5, 5.41) is 19.0. The van der Waals surface area contributed by atoms with Gasteiger partial charge in [-0.3, -0.25) is 14.9 Å². The van der Waals surface area contributed by atoms with E-state index < -0.39 is 17.0 Å². The molecule has 2 aromatic carbocycles. The first kappa shape index (κ1) is 18.5. The van der Waals surface area contributed by atoms with Crippen molar-refractivity contribution >= 4 is 23.3 Å². The number of hydrogen-bond donors (Lipinski definition) is 0. The van der Waals surface area contributed by atoms with Gasteiger partial charge in [-0.1, -0.05) is 23.7 Å².